The fourth-order valence-corrected chi connectivity index (χ4v) is 3.40. The second kappa shape index (κ2) is 9.07. The third kappa shape index (κ3) is 5.48. The Balaban J connectivity index is 1.49. The highest BCUT2D eigenvalue weighted by Crippen LogP contribution is 2.23. The number of para-hydroxylation sites is 2. The Bertz CT molecular complexity index is 752. The number of rotatable bonds is 8. The van der Waals surface area contributed by atoms with Crippen molar-refractivity contribution in [2.75, 3.05) is 42.5 Å². The van der Waals surface area contributed by atoms with E-state index in [0.29, 0.717) is 12.5 Å². The molecule has 1 saturated heterocycles. The molecule has 142 valence electrons. The molecule has 0 radical (unpaired) electrons. The highest BCUT2D eigenvalue weighted by molar-refractivity contribution is 5.84. The van der Waals surface area contributed by atoms with Crippen molar-refractivity contribution in [3.8, 4) is 0 Å². The monoisotopic (exact) mass is 367 g/mol. The molecule has 6 heteroatoms. The topological polar surface area (TPSA) is 72.9 Å². The third-order valence-corrected chi connectivity index (χ3v) is 4.78. The van der Waals surface area contributed by atoms with Gasteiger partial charge in [0.15, 0.2) is 0 Å². The van der Waals surface area contributed by atoms with E-state index in [1.807, 2.05) is 48.5 Å². The van der Waals surface area contributed by atoms with Crippen LogP contribution in [0, 0.1) is 5.92 Å². The number of amides is 1. The molecule has 1 aliphatic heterocycles. The first-order chi connectivity index (χ1) is 13.1. The molecule has 0 bridgehead atoms. The highest BCUT2D eigenvalue weighted by Gasteiger charge is 2.23. The number of carbonyl (C=O) groups excluding carboxylic acids is 1. The van der Waals surface area contributed by atoms with Gasteiger partial charge in [-0.25, -0.2) is 0 Å². The van der Waals surface area contributed by atoms with Crippen LogP contribution >= 0.6 is 0 Å². The summed E-state index contributed by atoms with van der Waals surface area (Å²) in [5.74, 6) is -0.710. The summed E-state index contributed by atoms with van der Waals surface area (Å²) in [6, 6.07) is 19.4. The lowest BCUT2D eigenvalue weighted by atomic mass is 10.1. The predicted molar refractivity (Wildman–Crippen MR) is 106 cm³/mol. The summed E-state index contributed by atoms with van der Waals surface area (Å²) in [4.78, 5) is 27.4. The highest BCUT2D eigenvalue weighted by atomic mass is 16.4. The molecule has 3 rings (SSSR count). The molecule has 1 atom stereocenters. The summed E-state index contributed by atoms with van der Waals surface area (Å²) in [7, 11) is 0. The van der Waals surface area contributed by atoms with Gasteiger partial charge in [0.2, 0.25) is 5.91 Å². The fourth-order valence-electron chi connectivity index (χ4n) is 3.40. The Kier molecular flexibility index (Phi) is 6.30. The zero-order valence-electron chi connectivity index (χ0n) is 15.3. The molecule has 0 saturated carbocycles. The van der Waals surface area contributed by atoms with Crippen molar-refractivity contribution in [2.45, 2.75) is 6.42 Å². The van der Waals surface area contributed by atoms with Crippen molar-refractivity contribution in [2.24, 2.45) is 5.92 Å². The average Bonchev–Trinajstić information content (AvgIpc) is 3.16. The molecule has 0 spiro atoms. The van der Waals surface area contributed by atoms with Crippen LogP contribution < -0.4 is 15.1 Å². The van der Waals surface area contributed by atoms with E-state index in [2.05, 4.69) is 22.3 Å². The number of nitrogens with zero attached hydrogens (tertiary/aromatic N) is 2. The van der Waals surface area contributed by atoms with E-state index < -0.39 is 5.97 Å². The number of anilines is 2. The lowest BCUT2D eigenvalue weighted by Gasteiger charge is -2.23. The Morgan fingerprint density at radius 1 is 1.04 bits per heavy atom. The van der Waals surface area contributed by atoms with Gasteiger partial charge in [0.25, 0.3) is 0 Å². The van der Waals surface area contributed by atoms with Crippen molar-refractivity contribution in [3.63, 3.8) is 0 Å². The van der Waals surface area contributed by atoms with E-state index in [-0.39, 0.29) is 19.0 Å². The van der Waals surface area contributed by atoms with Gasteiger partial charge in [0.05, 0.1) is 6.54 Å². The molecular formula is C21H25N3O3. The van der Waals surface area contributed by atoms with Crippen LogP contribution in [0.25, 0.3) is 0 Å². The summed E-state index contributed by atoms with van der Waals surface area (Å²) in [6.07, 6.45) is 1.03. The Labute approximate surface area is 159 Å². The minimum absolute atomic E-state index is 0.0332. The van der Waals surface area contributed by atoms with Crippen LogP contribution in [0.5, 0.6) is 0 Å². The lowest BCUT2D eigenvalue weighted by Crippen LogP contribution is -2.41. The van der Waals surface area contributed by atoms with Gasteiger partial charge in [-0.3, -0.25) is 9.59 Å². The minimum Gasteiger partial charge on any atom is -0.480 e. The van der Waals surface area contributed by atoms with Gasteiger partial charge in [-0.05, 0) is 36.6 Å². The predicted octanol–water partition coefficient (Wildman–Crippen LogP) is 2.22. The number of benzene rings is 2. The summed E-state index contributed by atoms with van der Waals surface area (Å²) in [5, 5.41) is 12.1. The molecule has 1 fully saturated rings. The summed E-state index contributed by atoms with van der Waals surface area (Å²) in [5.41, 5.74) is 1.94. The molecule has 1 amide bonds. The second-order valence-electron chi connectivity index (χ2n) is 6.83. The van der Waals surface area contributed by atoms with Crippen LogP contribution in [0.15, 0.2) is 60.7 Å². The summed E-state index contributed by atoms with van der Waals surface area (Å²) >= 11 is 0. The maximum absolute atomic E-state index is 12.4. The van der Waals surface area contributed by atoms with Gasteiger partial charge in [-0.15, -0.1) is 0 Å². The van der Waals surface area contributed by atoms with Gasteiger partial charge in [0, 0.05) is 31.0 Å². The molecule has 2 aromatic rings. The molecule has 2 aromatic carbocycles. The molecule has 2 N–H and O–H groups in total. The number of nitrogens with one attached hydrogen (secondary N) is 1. The van der Waals surface area contributed by atoms with Crippen molar-refractivity contribution >= 4 is 23.3 Å². The van der Waals surface area contributed by atoms with E-state index in [1.54, 1.807) is 4.90 Å². The summed E-state index contributed by atoms with van der Waals surface area (Å²) < 4.78 is 0. The first kappa shape index (κ1) is 18.8. The molecule has 27 heavy (non-hydrogen) atoms. The lowest BCUT2D eigenvalue weighted by molar-refractivity contribution is -0.135. The van der Waals surface area contributed by atoms with Crippen molar-refractivity contribution in [1.82, 2.24) is 5.32 Å². The molecule has 1 unspecified atom stereocenters. The Hall–Kier alpha value is -3.02. The molecule has 6 nitrogen and oxygen atoms in total. The van der Waals surface area contributed by atoms with Gasteiger partial charge in [-0.2, -0.15) is 0 Å². The quantitative estimate of drug-likeness (QED) is 0.749. The van der Waals surface area contributed by atoms with Crippen molar-refractivity contribution < 1.29 is 14.7 Å². The smallest absolute Gasteiger partial charge is 0.323 e. The van der Waals surface area contributed by atoms with Gasteiger partial charge >= 0.3 is 5.97 Å². The zero-order valence-corrected chi connectivity index (χ0v) is 15.3. The van der Waals surface area contributed by atoms with E-state index in [0.717, 1.165) is 25.2 Å². The molecule has 1 heterocycles. The fraction of sp³-hybridized carbons (Fsp3) is 0.333. The van der Waals surface area contributed by atoms with Crippen LogP contribution in [-0.2, 0) is 9.59 Å². The van der Waals surface area contributed by atoms with Gasteiger partial charge < -0.3 is 20.2 Å². The molecule has 0 aliphatic carbocycles. The van der Waals surface area contributed by atoms with Crippen LogP contribution in [0.4, 0.5) is 11.4 Å². The summed E-state index contributed by atoms with van der Waals surface area (Å²) in [6.45, 7) is 2.34. The number of carboxylic acids is 1. The zero-order chi connectivity index (χ0) is 19.1. The maximum atomic E-state index is 12.4. The van der Waals surface area contributed by atoms with E-state index >= 15 is 0 Å². The number of aliphatic carboxylic acids is 1. The van der Waals surface area contributed by atoms with Crippen LogP contribution in [0.3, 0.4) is 0 Å². The number of carbonyl (C=O) groups is 2. The van der Waals surface area contributed by atoms with Gasteiger partial charge in [0.1, 0.15) is 6.54 Å². The van der Waals surface area contributed by atoms with E-state index in [4.69, 9.17) is 5.11 Å². The Morgan fingerprint density at radius 3 is 2.37 bits per heavy atom. The number of carboxylic acid groups (broad SMARTS) is 1. The first-order valence-corrected chi connectivity index (χ1v) is 9.20. The SMILES string of the molecule is O=C(O)CN(CC(=O)NCC1CCN(c2ccccc2)C1)c1ccccc1. The van der Waals surface area contributed by atoms with Crippen molar-refractivity contribution in [1.29, 1.82) is 0 Å². The van der Waals surface area contributed by atoms with Crippen molar-refractivity contribution in [3.05, 3.63) is 60.7 Å². The molecule has 0 aromatic heterocycles. The third-order valence-electron chi connectivity index (χ3n) is 4.78. The Morgan fingerprint density at radius 2 is 1.70 bits per heavy atom. The number of hydrogen-bond acceptors (Lipinski definition) is 4. The van der Waals surface area contributed by atoms with Crippen LogP contribution in [0.2, 0.25) is 0 Å². The molecule has 1 aliphatic rings. The standard InChI is InChI=1S/C21H25N3O3/c25-20(15-24(16-21(26)27)19-9-5-2-6-10-19)22-13-17-11-12-23(14-17)18-7-3-1-4-8-18/h1-10,17H,11-16H2,(H,22,25)(H,26,27). The second-order valence-corrected chi connectivity index (χ2v) is 6.83. The van der Waals surface area contributed by atoms with E-state index in [9.17, 15) is 9.59 Å². The van der Waals surface area contributed by atoms with Crippen LogP contribution in [-0.4, -0.2) is 49.7 Å². The normalized spacial score (nSPS) is 16.1. The minimum atomic E-state index is -0.957. The largest absolute Gasteiger partial charge is 0.480 e. The number of hydrogen-bond donors (Lipinski definition) is 2. The average molecular weight is 367 g/mol. The van der Waals surface area contributed by atoms with Gasteiger partial charge in [-0.1, -0.05) is 36.4 Å². The van der Waals surface area contributed by atoms with Crippen LogP contribution in [0.1, 0.15) is 6.42 Å². The van der Waals surface area contributed by atoms with E-state index in [1.165, 1.54) is 5.69 Å². The first-order valence-electron chi connectivity index (χ1n) is 9.20. The molecular weight excluding hydrogens is 342 g/mol. The maximum Gasteiger partial charge on any atom is 0.323 e.